The second-order valence-electron chi connectivity index (χ2n) is 5.77. The molecule has 1 atom stereocenters. The summed E-state index contributed by atoms with van der Waals surface area (Å²) in [4.78, 5) is 22.3. The van der Waals surface area contributed by atoms with Gasteiger partial charge in [-0.3, -0.25) is 4.79 Å². The maximum Gasteiger partial charge on any atom is 0.319 e. The first-order valence-corrected chi connectivity index (χ1v) is 7.41. The van der Waals surface area contributed by atoms with Gasteiger partial charge in [-0.1, -0.05) is 25.0 Å². The first kappa shape index (κ1) is 15.4. The standard InChI is InChI=1S/C16H22N2O3/c1-11(10-13-2-3-13)17-16(21)18-14-7-4-12(5-8-14)6-9-15(19)20/h4-5,7-8,11,13H,2-3,6,9-10H2,1H3,(H,19,20)(H2,17,18,21). The number of carbonyl (C=O) groups excluding carboxylic acids is 1. The van der Waals surface area contributed by atoms with Gasteiger partial charge in [-0.2, -0.15) is 0 Å². The van der Waals surface area contributed by atoms with E-state index in [2.05, 4.69) is 10.6 Å². The molecule has 2 rings (SSSR count). The fourth-order valence-electron chi connectivity index (χ4n) is 2.31. The number of carboxylic acids is 1. The molecular formula is C16H22N2O3. The molecule has 1 unspecified atom stereocenters. The van der Waals surface area contributed by atoms with Crippen LogP contribution in [0.3, 0.4) is 0 Å². The summed E-state index contributed by atoms with van der Waals surface area (Å²) in [5, 5.41) is 14.4. The SMILES string of the molecule is CC(CC1CC1)NC(=O)Nc1ccc(CCC(=O)O)cc1. The number of amides is 2. The molecule has 0 bridgehead atoms. The number of nitrogens with one attached hydrogen (secondary N) is 2. The second-order valence-corrected chi connectivity index (χ2v) is 5.77. The summed E-state index contributed by atoms with van der Waals surface area (Å²) in [5.41, 5.74) is 1.66. The third-order valence-electron chi connectivity index (χ3n) is 3.60. The minimum absolute atomic E-state index is 0.117. The highest BCUT2D eigenvalue weighted by atomic mass is 16.4. The van der Waals surface area contributed by atoms with E-state index in [0.29, 0.717) is 12.1 Å². The number of carbonyl (C=O) groups is 2. The molecule has 0 radical (unpaired) electrons. The third-order valence-corrected chi connectivity index (χ3v) is 3.60. The Balaban J connectivity index is 1.76. The topological polar surface area (TPSA) is 78.4 Å². The van der Waals surface area contributed by atoms with Gasteiger partial charge in [0, 0.05) is 18.2 Å². The zero-order valence-electron chi connectivity index (χ0n) is 12.3. The molecule has 114 valence electrons. The van der Waals surface area contributed by atoms with Crippen LogP contribution in [0.15, 0.2) is 24.3 Å². The van der Waals surface area contributed by atoms with Crippen molar-refractivity contribution in [2.45, 2.75) is 45.1 Å². The van der Waals surface area contributed by atoms with E-state index in [1.54, 1.807) is 12.1 Å². The van der Waals surface area contributed by atoms with Crippen molar-refractivity contribution < 1.29 is 14.7 Å². The molecule has 1 aromatic carbocycles. The highest BCUT2D eigenvalue weighted by Crippen LogP contribution is 2.33. The summed E-state index contributed by atoms with van der Waals surface area (Å²) < 4.78 is 0. The molecule has 1 saturated carbocycles. The number of benzene rings is 1. The smallest absolute Gasteiger partial charge is 0.319 e. The Morgan fingerprint density at radius 1 is 1.29 bits per heavy atom. The van der Waals surface area contributed by atoms with Gasteiger partial charge in [0.05, 0.1) is 0 Å². The Labute approximate surface area is 124 Å². The Kier molecular flexibility index (Phi) is 5.20. The number of aliphatic carboxylic acids is 1. The molecule has 1 aliphatic rings. The van der Waals surface area contributed by atoms with Crippen LogP contribution in [-0.2, 0) is 11.2 Å². The molecule has 5 heteroatoms. The molecule has 5 nitrogen and oxygen atoms in total. The van der Waals surface area contributed by atoms with E-state index in [9.17, 15) is 9.59 Å². The van der Waals surface area contributed by atoms with Crippen molar-refractivity contribution in [2.24, 2.45) is 5.92 Å². The van der Waals surface area contributed by atoms with E-state index in [1.807, 2.05) is 19.1 Å². The van der Waals surface area contributed by atoms with Gasteiger partial charge >= 0.3 is 12.0 Å². The number of anilines is 1. The van der Waals surface area contributed by atoms with Gasteiger partial charge in [0.2, 0.25) is 0 Å². The van der Waals surface area contributed by atoms with E-state index in [0.717, 1.165) is 17.9 Å². The molecule has 2 amide bonds. The van der Waals surface area contributed by atoms with Crippen LogP contribution in [0.25, 0.3) is 0 Å². The zero-order valence-corrected chi connectivity index (χ0v) is 12.3. The van der Waals surface area contributed by atoms with E-state index < -0.39 is 5.97 Å². The fraction of sp³-hybridized carbons (Fsp3) is 0.500. The lowest BCUT2D eigenvalue weighted by Gasteiger charge is -2.14. The van der Waals surface area contributed by atoms with Crippen molar-refractivity contribution in [3.8, 4) is 0 Å². The Morgan fingerprint density at radius 2 is 1.95 bits per heavy atom. The van der Waals surface area contributed by atoms with Gasteiger partial charge in [0.1, 0.15) is 0 Å². The number of hydrogen-bond donors (Lipinski definition) is 3. The molecule has 0 aliphatic heterocycles. The molecule has 0 saturated heterocycles. The minimum atomic E-state index is -0.804. The maximum atomic E-state index is 11.8. The quantitative estimate of drug-likeness (QED) is 0.722. The maximum absolute atomic E-state index is 11.8. The summed E-state index contributed by atoms with van der Waals surface area (Å²) >= 11 is 0. The molecule has 1 aliphatic carbocycles. The van der Waals surface area contributed by atoms with Crippen molar-refractivity contribution in [2.75, 3.05) is 5.32 Å². The Hall–Kier alpha value is -2.04. The summed E-state index contributed by atoms with van der Waals surface area (Å²) in [7, 11) is 0. The van der Waals surface area contributed by atoms with Crippen molar-refractivity contribution in [1.82, 2.24) is 5.32 Å². The minimum Gasteiger partial charge on any atom is -0.481 e. The van der Waals surface area contributed by atoms with Crippen molar-refractivity contribution in [3.05, 3.63) is 29.8 Å². The molecule has 1 aromatic rings. The van der Waals surface area contributed by atoms with Gasteiger partial charge in [-0.25, -0.2) is 4.79 Å². The lowest BCUT2D eigenvalue weighted by molar-refractivity contribution is -0.136. The number of carboxylic acid groups (broad SMARTS) is 1. The molecule has 0 spiro atoms. The van der Waals surface area contributed by atoms with Crippen LogP contribution in [0.2, 0.25) is 0 Å². The normalized spacial score (nSPS) is 15.3. The Morgan fingerprint density at radius 3 is 2.52 bits per heavy atom. The van der Waals surface area contributed by atoms with Crippen LogP contribution in [0.4, 0.5) is 10.5 Å². The fourth-order valence-corrected chi connectivity index (χ4v) is 2.31. The lowest BCUT2D eigenvalue weighted by atomic mass is 10.1. The van der Waals surface area contributed by atoms with E-state index >= 15 is 0 Å². The summed E-state index contributed by atoms with van der Waals surface area (Å²) in [6.07, 6.45) is 4.23. The molecule has 21 heavy (non-hydrogen) atoms. The van der Waals surface area contributed by atoms with Crippen LogP contribution >= 0.6 is 0 Å². The highest BCUT2D eigenvalue weighted by Gasteiger charge is 2.24. The van der Waals surface area contributed by atoms with Crippen LogP contribution in [0.5, 0.6) is 0 Å². The first-order valence-electron chi connectivity index (χ1n) is 7.41. The number of urea groups is 1. The van der Waals surface area contributed by atoms with Gasteiger partial charge in [0.25, 0.3) is 0 Å². The van der Waals surface area contributed by atoms with E-state index in [4.69, 9.17) is 5.11 Å². The first-order chi connectivity index (χ1) is 10.0. The zero-order chi connectivity index (χ0) is 15.2. The van der Waals surface area contributed by atoms with Crippen LogP contribution < -0.4 is 10.6 Å². The molecule has 0 aromatic heterocycles. The number of aryl methyl sites for hydroxylation is 1. The van der Waals surface area contributed by atoms with E-state index in [1.165, 1.54) is 12.8 Å². The average molecular weight is 290 g/mol. The van der Waals surface area contributed by atoms with Crippen molar-refractivity contribution in [1.29, 1.82) is 0 Å². The van der Waals surface area contributed by atoms with Gasteiger partial charge in [-0.15, -0.1) is 0 Å². The van der Waals surface area contributed by atoms with Gasteiger partial charge < -0.3 is 15.7 Å². The summed E-state index contributed by atoms with van der Waals surface area (Å²) in [6, 6.07) is 7.26. The number of rotatable bonds is 7. The third kappa shape index (κ3) is 5.85. The van der Waals surface area contributed by atoms with Gasteiger partial charge in [0.15, 0.2) is 0 Å². The Bertz CT molecular complexity index is 495. The van der Waals surface area contributed by atoms with Crippen molar-refractivity contribution in [3.63, 3.8) is 0 Å². The van der Waals surface area contributed by atoms with Gasteiger partial charge in [-0.05, 0) is 43.4 Å². The van der Waals surface area contributed by atoms with Crippen molar-refractivity contribution >= 4 is 17.7 Å². The lowest BCUT2D eigenvalue weighted by Crippen LogP contribution is -2.36. The predicted octanol–water partition coefficient (Wildman–Crippen LogP) is 3.01. The molecule has 3 N–H and O–H groups in total. The van der Waals surface area contributed by atoms with E-state index in [-0.39, 0.29) is 18.5 Å². The second kappa shape index (κ2) is 7.11. The van der Waals surface area contributed by atoms with Crippen LogP contribution in [0.1, 0.15) is 38.2 Å². The van der Waals surface area contributed by atoms with Crippen LogP contribution in [0, 0.1) is 5.92 Å². The largest absolute Gasteiger partial charge is 0.481 e. The molecule has 1 fully saturated rings. The average Bonchev–Trinajstić information content (AvgIpc) is 3.21. The highest BCUT2D eigenvalue weighted by molar-refractivity contribution is 5.89. The summed E-state index contributed by atoms with van der Waals surface area (Å²) in [5.74, 6) is -0.0185. The van der Waals surface area contributed by atoms with Crippen LogP contribution in [-0.4, -0.2) is 23.1 Å². The monoisotopic (exact) mass is 290 g/mol. The summed E-state index contributed by atoms with van der Waals surface area (Å²) in [6.45, 7) is 2.02. The molecular weight excluding hydrogens is 268 g/mol. The predicted molar refractivity (Wildman–Crippen MR) is 81.4 cm³/mol. The molecule has 0 heterocycles. The number of hydrogen-bond acceptors (Lipinski definition) is 2.